The van der Waals surface area contributed by atoms with Gasteiger partial charge in [-0.3, -0.25) is 0 Å². The van der Waals surface area contributed by atoms with Gasteiger partial charge in [0.2, 0.25) is 0 Å². The van der Waals surface area contributed by atoms with Crippen molar-refractivity contribution in [3.63, 3.8) is 0 Å². The lowest BCUT2D eigenvalue weighted by Crippen LogP contribution is -2.08. The van der Waals surface area contributed by atoms with E-state index in [2.05, 4.69) is 28.1 Å². The Morgan fingerprint density at radius 3 is 2.94 bits per heavy atom. The molecule has 0 bridgehead atoms. The van der Waals surface area contributed by atoms with E-state index in [1.165, 1.54) is 19.2 Å². The van der Waals surface area contributed by atoms with Crippen LogP contribution in [-0.2, 0) is 6.42 Å². The molecular weight excluding hydrogens is 226 g/mol. The molecule has 0 radical (unpaired) electrons. The van der Waals surface area contributed by atoms with Crippen molar-refractivity contribution in [1.82, 2.24) is 19.7 Å². The second kappa shape index (κ2) is 4.40. The summed E-state index contributed by atoms with van der Waals surface area (Å²) < 4.78 is 1.83. The summed E-state index contributed by atoms with van der Waals surface area (Å²) >= 11 is 0. The van der Waals surface area contributed by atoms with E-state index < -0.39 is 0 Å². The van der Waals surface area contributed by atoms with Crippen LogP contribution in [-0.4, -0.2) is 19.7 Å². The highest BCUT2D eigenvalue weighted by atomic mass is 15.3. The Morgan fingerprint density at radius 1 is 1.39 bits per heavy atom. The van der Waals surface area contributed by atoms with Crippen molar-refractivity contribution in [2.75, 3.05) is 5.73 Å². The van der Waals surface area contributed by atoms with Crippen LogP contribution in [0.15, 0.2) is 18.6 Å². The van der Waals surface area contributed by atoms with Crippen LogP contribution in [0.1, 0.15) is 43.4 Å². The maximum Gasteiger partial charge on any atom is 0.161 e. The summed E-state index contributed by atoms with van der Waals surface area (Å²) in [5.41, 5.74) is 8.08. The minimum atomic E-state index is 0.560. The Morgan fingerprint density at radius 2 is 2.22 bits per heavy atom. The average Bonchev–Trinajstić information content (AvgIpc) is 3.11. The molecule has 1 saturated carbocycles. The largest absolute Gasteiger partial charge is 0.383 e. The second-order valence-electron chi connectivity index (χ2n) is 4.77. The third kappa shape index (κ3) is 1.96. The van der Waals surface area contributed by atoms with E-state index in [1.54, 1.807) is 0 Å². The molecule has 1 aliphatic rings. The third-order valence-corrected chi connectivity index (χ3v) is 3.28. The van der Waals surface area contributed by atoms with Crippen molar-refractivity contribution in [3.05, 3.63) is 29.8 Å². The lowest BCUT2D eigenvalue weighted by Gasteiger charge is -2.09. The van der Waals surface area contributed by atoms with E-state index in [0.29, 0.717) is 11.7 Å². The molecule has 18 heavy (non-hydrogen) atoms. The van der Waals surface area contributed by atoms with E-state index in [0.717, 1.165) is 29.9 Å². The molecule has 1 aliphatic carbocycles. The van der Waals surface area contributed by atoms with Crippen LogP contribution in [0, 0.1) is 0 Å². The van der Waals surface area contributed by atoms with Crippen LogP contribution in [0.4, 0.5) is 5.82 Å². The van der Waals surface area contributed by atoms with E-state index in [1.807, 2.05) is 10.9 Å². The molecule has 3 rings (SSSR count). The maximum atomic E-state index is 5.93. The molecule has 2 aromatic heterocycles. The molecule has 5 nitrogen and oxygen atoms in total. The molecule has 0 aromatic carbocycles. The van der Waals surface area contributed by atoms with Crippen molar-refractivity contribution >= 4 is 5.82 Å². The number of hydrogen-bond acceptors (Lipinski definition) is 4. The van der Waals surface area contributed by atoms with Crippen LogP contribution in [0.3, 0.4) is 0 Å². The smallest absolute Gasteiger partial charge is 0.161 e. The highest BCUT2D eigenvalue weighted by Crippen LogP contribution is 2.39. The minimum absolute atomic E-state index is 0.560. The predicted octanol–water partition coefficient (Wildman–Crippen LogP) is 2.07. The summed E-state index contributed by atoms with van der Waals surface area (Å²) in [6.07, 6.45) is 7.87. The first-order valence-electron chi connectivity index (χ1n) is 6.45. The third-order valence-electron chi connectivity index (χ3n) is 3.28. The SMILES string of the molecule is CCCc1c(N)ncnc1-n1ccc(C2CC2)n1. The van der Waals surface area contributed by atoms with Gasteiger partial charge in [0.1, 0.15) is 12.1 Å². The zero-order valence-electron chi connectivity index (χ0n) is 10.5. The van der Waals surface area contributed by atoms with Gasteiger partial charge < -0.3 is 5.73 Å². The number of nitrogens with two attached hydrogens (primary N) is 1. The summed E-state index contributed by atoms with van der Waals surface area (Å²) in [6.45, 7) is 2.12. The Labute approximate surface area is 106 Å². The van der Waals surface area contributed by atoms with E-state index in [9.17, 15) is 0 Å². The molecule has 5 heteroatoms. The molecular formula is C13H17N5. The van der Waals surface area contributed by atoms with Gasteiger partial charge in [0.25, 0.3) is 0 Å². The van der Waals surface area contributed by atoms with Gasteiger partial charge in [-0.15, -0.1) is 0 Å². The van der Waals surface area contributed by atoms with Gasteiger partial charge in [-0.25, -0.2) is 14.6 Å². The van der Waals surface area contributed by atoms with Gasteiger partial charge in [0, 0.05) is 17.7 Å². The standard InChI is InChI=1S/C13H17N5/c1-2-3-10-12(14)15-8-16-13(10)18-7-6-11(17-18)9-4-5-9/h6-9H,2-5H2,1H3,(H2,14,15,16). The molecule has 2 N–H and O–H groups in total. The van der Waals surface area contributed by atoms with Crippen LogP contribution in [0.2, 0.25) is 0 Å². The van der Waals surface area contributed by atoms with Crippen molar-refractivity contribution in [2.24, 2.45) is 0 Å². The van der Waals surface area contributed by atoms with E-state index in [-0.39, 0.29) is 0 Å². The predicted molar refractivity (Wildman–Crippen MR) is 69.5 cm³/mol. The summed E-state index contributed by atoms with van der Waals surface area (Å²) in [7, 11) is 0. The molecule has 0 unspecified atom stereocenters. The lowest BCUT2D eigenvalue weighted by molar-refractivity contribution is 0.781. The van der Waals surface area contributed by atoms with Crippen LogP contribution in [0.5, 0.6) is 0 Å². The Balaban J connectivity index is 2.00. The first-order valence-corrected chi connectivity index (χ1v) is 6.45. The molecule has 0 saturated heterocycles. The average molecular weight is 243 g/mol. The molecule has 0 atom stereocenters. The van der Waals surface area contributed by atoms with Crippen molar-refractivity contribution in [3.8, 4) is 5.82 Å². The molecule has 1 fully saturated rings. The fraction of sp³-hybridized carbons (Fsp3) is 0.462. The van der Waals surface area contributed by atoms with Crippen molar-refractivity contribution < 1.29 is 0 Å². The van der Waals surface area contributed by atoms with Gasteiger partial charge >= 0.3 is 0 Å². The van der Waals surface area contributed by atoms with Gasteiger partial charge in [-0.1, -0.05) is 13.3 Å². The molecule has 0 amide bonds. The topological polar surface area (TPSA) is 69.6 Å². The zero-order chi connectivity index (χ0) is 12.5. The van der Waals surface area contributed by atoms with E-state index in [4.69, 9.17) is 5.73 Å². The monoisotopic (exact) mass is 243 g/mol. The first kappa shape index (κ1) is 11.2. The fourth-order valence-corrected chi connectivity index (χ4v) is 2.16. The first-order chi connectivity index (χ1) is 8.79. The highest BCUT2D eigenvalue weighted by molar-refractivity contribution is 5.48. The highest BCUT2D eigenvalue weighted by Gasteiger charge is 2.26. The second-order valence-corrected chi connectivity index (χ2v) is 4.77. The number of rotatable bonds is 4. The van der Waals surface area contributed by atoms with Gasteiger partial charge in [0.15, 0.2) is 5.82 Å². The van der Waals surface area contributed by atoms with Gasteiger partial charge in [0.05, 0.1) is 5.69 Å². The Kier molecular flexibility index (Phi) is 2.74. The summed E-state index contributed by atoms with van der Waals surface area (Å²) in [4.78, 5) is 8.39. The quantitative estimate of drug-likeness (QED) is 0.892. The molecule has 94 valence electrons. The molecule has 2 aromatic rings. The summed E-state index contributed by atoms with van der Waals surface area (Å²) in [6, 6.07) is 2.08. The van der Waals surface area contributed by atoms with Crippen LogP contribution < -0.4 is 5.73 Å². The fourth-order valence-electron chi connectivity index (χ4n) is 2.16. The number of hydrogen-bond donors (Lipinski definition) is 1. The van der Waals surface area contributed by atoms with Gasteiger partial charge in [-0.05, 0) is 25.3 Å². The Bertz CT molecular complexity index is 556. The Hall–Kier alpha value is -1.91. The number of nitrogen functional groups attached to an aromatic ring is 1. The molecule has 2 heterocycles. The lowest BCUT2D eigenvalue weighted by atomic mass is 10.1. The zero-order valence-corrected chi connectivity index (χ0v) is 10.5. The maximum absolute atomic E-state index is 5.93. The number of nitrogens with zero attached hydrogens (tertiary/aromatic N) is 4. The summed E-state index contributed by atoms with van der Waals surface area (Å²) in [5.74, 6) is 2.03. The van der Waals surface area contributed by atoms with E-state index >= 15 is 0 Å². The van der Waals surface area contributed by atoms with Crippen molar-refractivity contribution in [2.45, 2.75) is 38.5 Å². The number of anilines is 1. The molecule has 0 spiro atoms. The summed E-state index contributed by atoms with van der Waals surface area (Å²) in [5, 5.41) is 4.60. The van der Waals surface area contributed by atoms with Crippen molar-refractivity contribution in [1.29, 1.82) is 0 Å². The van der Waals surface area contributed by atoms with Crippen LogP contribution >= 0.6 is 0 Å². The minimum Gasteiger partial charge on any atom is -0.383 e. The number of aromatic nitrogens is 4. The van der Waals surface area contributed by atoms with Crippen LogP contribution in [0.25, 0.3) is 5.82 Å². The van der Waals surface area contributed by atoms with Gasteiger partial charge in [-0.2, -0.15) is 5.10 Å². The normalized spacial score (nSPS) is 14.9. The molecule has 0 aliphatic heterocycles.